The van der Waals surface area contributed by atoms with Gasteiger partial charge in [0.2, 0.25) is 0 Å². The lowest BCUT2D eigenvalue weighted by Gasteiger charge is -2.03. The number of hydrogen-bond acceptors (Lipinski definition) is 2. The summed E-state index contributed by atoms with van der Waals surface area (Å²) in [5.41, 5.74) is 1.12. The van der Waals surface area contributed by atoms with E-state index in [1.807, 2.05) is 17.1 Å². The molecule has 0 unspecified atom stereocenters. The monoisotopic (exact) mass is 210 g/mol. The Kier molecular flexibility index (Phi) is 4.34. The third kappa shape index (κ3) is 4.63. The van der Waals surface area contributed by atoms with Crippen molar-refractivity contribution in [3.05, 3.63) is 18.0 Å². The zero-order chi connectivity index (χ0) is 11.3. The summed E-state index contributed by atoms with van der Waals surface area (Å²) in [5.74, 6) is -0.152. The molecule has 1 aromatic heterocycles. The Hall–Kier alpha value is -1.32. The number of nitrogens with zero attached hydrogens (tertiary/aromatic N) is 2. The van der Waals surface area contributed by atoms with E-state index in [-0.39, 0.29) is 6.42 Å². The van der Waals surface area contributed by atoms with Crippen molar-refractivity contribution >= 4 is 5.97 Å². The summed E-state index contributed by atoms with van der Waals surface area (Å²) in [5, 5.41) is 12.7. The van der Waals surface area contributed by atoms with Crippen LogP contribution in [0.5, 0.6) is 0 Å². The average molecular weight is 210 g/mol. The van der Waals surface area contributed by atoms with Crippen LogP contribution in [0.4, 0.5) is 0 Å². The van der Waals surface area contributed by atoms with Crippen LogP contribution in [0.15, 0.2) is 12.4 Å². The van der Waals surface area contributed by atoms with Gasteiger partial charge in [0.15, 0.2) is 0 Å². The Bertz CT molecular complexity index is 318. The highest BCUT2D eigenvalue weighted by molar-refractivity contribution is 5.66. The number of carboxylic acids is 1. The van der Waals surface area contributed by atoms with Crippen molar-refractivity contribution in [2.45, 2.75) is 39.7 Å². The van der Waals surface area contributed by atoms with Crippen molar-refractivity contribution in [2.75, 3.05) is 0 Å². The number of carboxylic acid groups (broad SMARTS) is 1. The summed E-state index contributed by atoms with van der Waals surface area (Å²) in [6, 6.07) is 0. The van der Waals surface area contributed by atoms with Gasteiger partial charge in [0.1, 0.15) is 0 Å². The van der Waals surface area contributed by atoms with Crippen molar-refractivity contribution in [1.82, 2.24) is 9.78 Å². The van der Waals surface area contributed by atoms with Crippen LogP contribution in [0.2, 0.25) is 0 Å². The molecule has 0 saturated carbocycles. The van der Waals surface area contributed by atoms with Crippen LogP contribution in [0.1, 0.15) is 32.3 Å². The Morgan fingerprint density at radius 2 is 2.33 bits per heavy atom. The molecular weight excluding hydrogens is 192 g/mol. The molecule has 0 aromatic carbocycles. The first-order valence-corrected chi connectivity index (χ1v) is 5.31. The second-order valence-corrected chi connectivity index (χ2v) is 4.21. The fraction of sp³-hybridized carbons (Fsp3) is 0.636. The highest BCUT2D eigenvalue weighted by atomic mass is 16.4. The van der Waals surface area contributed by atoms with Crippen LogP contribution in [-0.4, -0.2) is 20.9 Å². The van der Waals surface area contributed by atoms with Gasteiger partial charge >= 0.3 is 5.97 Å². The molecule has 1 rings (SSSR count). The number of aliphatic carboxylic acids is 1. The van der Waals surface area contributed by atoms with E-state index in [9.17, 15) is 4.79 Å². The van der Waals surface area contributed by atoms with E-state index < -0.39 is 5.97 Å². The smallest absolute Gasteiger partial charge is 0.303 e. The summed E-state index contributed by atoms with van der Waals surface area (Å²) >= 11 is 0. The molecule has 0 fully saturated rings. The lowest BCUT2D eigenvalue weighted by molar-refractivity contribution is -0.137. The maximum Gasteiger partial charge on any atom is 0.303 e. The van der Waals surface area contributed by atoms with Gasteiger partial charge in [-0.1, -0.05) is 13.8 Å². The van der Waals surface area contributed by atoms with E-state index in [0.717, 1.165) is 18.5 Å². The second kappa shape index (κ2) is 5.53. The highest BCUT2D eigenvalue weighted by Gasteiger charge is 2.02. The van der Waals surface area contributed by atoms with Crippen LogP contribution in [-0.2, 0) is 17.8 Å². The molecular formula is C11H18N2O2. The Morgan fingerprint density at radius 3 is 2.93 bits per heavy atom. The first-order valence-electron chi connectivity index (χ1n) is 5.31. The van der Waals surface area contributed by atoms with Gasteiger partial charge in [0.25, 0.3) is 0 Å². The SMILES string of the molecule is CC(C)Cn1cc(CCCC(=O)O)cn1. The molecule has 1 heterocycles. The third-order valence-corrected chi connectivity index (χ3v) is 2.10. The van der Waals surface area contributed by atoms with Crippen LogP contribution in [0, 0.1) is 5.92 Å². The van der Waals surface area contributed by atoms with Gasteiger partial charge in [0, 0.05) is 19.2 Å². The van der Waals surface area contributed by atoms with Crippen LogP contribution < -0.4 is 0 Å². The first-order chi connectivity index (χ1) is 7.08. The van der Waals surface area contributed by atoms with Gasteiger partial charge < -0.3 is 5.11 Å². The number of carbonyl (C=O) groups is 1. The lowest BCUT2D eigenvalue weighted by Crippen LogP contribution is -2.04. The predicted molar refractivity (Wildman–Crippen MR) is 57.6 cm³/mol. The molecule has 4 heteroatoms. The zero-order valence-electron chi connectivity index (χ0n) is 9.31. The van der Waals surface area contributed by atoms with E-state index in [4.69, 9.17) is 5.11 Å². The quantitative estimate of drug-likeness (QED) is 0.780. The van der Waals surface area contributed by atoms with Gasteiger partial charge in [-0.25, -0.2) is 0 Å². The molecule has 1 N–H and O–H groups in total. The molecule has 0 spiro atoms. The molecule has 1 aromatic rings. The van der Waals surface area contributed by atoms with Crippen molar-refractivity contribution in [3.8, 4) is 0 Å². The number of aryl methyl sites for hydroxylation is 1. The average Bonchev–Trinajstić information content (AvgIpc) is 2.50. The van der Waals surface area contributed by atoms with Crippen molar-refractivity contribution in [3.63, 3.8) is 0 Å². The van der Waals surface area contributed by atoms with Gasteiger partial charge in [0.05, 0.1) is 6.20 Å². The summed E-state index contributed by atoms with van der Waals surface area (Å²) in [6.45, 7) is 5.20. The molecule has 4 nitrogen and oxygen atoms in total. The fourth-order valence-electron chi connectivity index (χ4n) is 1.45. The highest BCUT2D eigenvalue weighted by Crippen LogP contribution is 2.06. The molecule has 84 valence electrons. The zero-order valence-corrected chi connectivity index (χ0v) is 9.31. The van der Waals surface area contributed by atoms with Crippen molar-refractivity contribution in [1.29, 1.82) is 0 Å². The molecule has 15 heavy (non-hydrogen) atoms. The molecule has 0 aliphatic heterocycles. The maximum absolute atomic E-state index is 10.3. The molecule has 0 aliphatic carbocycles. The Labute approximate surface area is 89.9 Å². The number of aromatic nitrogens is 2. The molecule has 0 saturated heterocycles. The predicted octanol–water partition coefficient (Wildman–Crippen LogP) is 1.95. The van der Waals surface area contributed by atoms with Crippen LogP contribution in [0.3, 0.4) is 0 Å². The fourth-order valence-corrected chi connectivity index (χ4v) is 1.45. The first kappa shape index (κ1) is 11.8. The van der Waals surface area contributed by atoms with E-state index >= 15 is 0 Å². The van der Waals surface area contributed by atoms with E-state index in [2.05, 4.69) is 18.9 Å². The maximum atomic E-state index is 10.3. The van der Waals surface area contributed by atoms with Gasteiger partial charge in [-0.2, -0.15) is 5.10 Å². The van der Waals surface area contributed by atoms with E-state index in [0.29, 0.717) is 12.3 Å². The summed E-state index contributed by atoms with van der Waals surface area (Å²) in [4.78, 5) is 10.3. The molecule has 0 aliphatic rings. The standard InChI is InChI=1S/C11H18N2O2/c1-9(2)7-13-8-10(6-12-13)4-3-5-11(14)15/h6,8-9H,3-5,7H2,1-2H3,(H,14,15). The number of rotatable bonds is 6. The normalized spacial score (nSPS) is 10.9. The topological polar surface area (TPSA) is 55.1 Å². The summed E-state index contributed by atoms with van der Waals surface area (Å²) in [6.07, 6.45) is 5.54. The van der Waals surface area contributed by atoms with E-state index in [1.165, 1.54) is 0 Å². The Balaban J connectivity index is 2.36. The van der Waals surface area contributed by atoms with E-state index in [1.54, 1.807) is 0 Å². The number of hydrogen-bond donors (Lipinski definition) is 1. The minimum Gasteiger partial charge on any atom is -0.481 e. The van der Waals surface area contributed by atoms with Gasteiger partial charge in [-0.05, 0) is 24.3 Å². The van der Waals surface area contributed by atoms with Crippen LogP contribution in [0.25, 0.3) is 0 Å². The van der Waals surface area contributed by atoms with Gasteiger partial charge in [-0.15, -0.1) is 0 Å². The summed E-state index contributed by atoms with van der Waals surface area (Å²) < 4.78 is 1.92. The second-order valence-electron chi connectivity index (χ2n) is 4.21. The van der Waals surface area contributed by atoms with Gasteiger partial charge in [-0.3, -0.25) is 9.48 Å². The van der Waals surface area contributed by atoms with Crippen molar-refractivity contribution < 1.29 is 9.90 Å². The largest absolute Gasteiger partial charge is 0.481 e. The minimum absolute atomic E-state index is 0.232. The summed E-state index contributed by atoms with van der Waals surface area (Å²) in [7, 11) is 0. The Morgan fingerprint density at radius 1 is 1.60 bits per heavy atom. The lowest BCUT2D eigenvalue weighted by atomic mass is 10.1. The molecule has 0 atom stereocenters. The molecule has 0 bridgehead atoms. The molecule has 0 amide bonds. The van der Waals surface area contributed by atoms with Crippen molar-refractivity contribution in [2.24, 2.45) is 5.92 Å². The molecule has 0 radical (unpaired) electrons. The minimum atomic E-state index is -0.732. The van der Waals surface area contributed by atoms with Crippen LogP contribution >= 0.6 is 0 Å². The third-order valence-electron chi connectivity index (χ3n) is 2.10.